The van der Waals surface area contributed by atoms with Crippen molar-refractivity contribution in [2.45, 2.75) is 44.8 Å². The first-order valence-electron chi connectivity index (χ1n) is 10.0. The quantitative estimate of drug-likeness (QED) is 0.631. The third-order valence-corrected chi connectivity index (χ3v) is 5.01. The first kappa shape index (κ1) is 21.3. The second-order valence-corrected chi connectivity index (χ2v) is 7.32. The van der Waals surface area contributed by atoms with E-state index in [4.69, 9.17) is 4.74 Å². The molecule has 1 aliphatic carbocycles. The molecule has 0 heterocycles. The molecule has 1 saturated carbocycles. The summed E-state index contributed by atoms with van der Waals surface area (Å²) in [5, 5.41) is 9.27. The molecule has 8 heteroatoms. The van der Waals surface area contributed by atoms with E-state index >= 15 is 0 Å². The van der Waals surface area contributed by atoms with Gasteiger partial charge in [-0.1, -0.05) is 43.2 Å². The van der Waals surface area contributed by atoms with Crippen LogP contribution in [0.3, 0.4) is 0 Å². The van der Waals surface area contributed by atoms with E-state index in [2.05, 4.69) is 16.0 Å². The van der Waals surface area contributed by atoms with Gasteiger partial charge in [0.1, 0.15) is 6.54 Å². The number of ether oxygens (including phenoxy) is 1. The average molecular weight is 411 g/mol. The summed E-state index contributed by atoms with van der Waals surface area (Å²) in [5.74, 6) is -1.92. The lowest BCUT2D eigenvalue weighted by Gasteiger charge is -2.15. The van der Waals surface area contributed by atoms with Crippen LogP contribution >= 0.6 is 0 Å². The fourth-order valence-electron chi connectivity index (χ4n) is 3.38. The normalized spacial score (nSPS) is 14.7. The molecule has 0 radical (unpaired) electrons. The lowest BCUT2D eigenvalue weighted by molar-refractivity contribution is -0.153. The molecule has 3 rings (SSSR count). The molecule has 4 amide bonds. The van der Waals surface area contributed by atoms with Gasteiger partial charge in [-0.3, -0.25) is 19.7 Å². The van der Waals surface area contributed by atoms with Crippen molar-refractivity contribution in [1.82, 2.24) is 16.0 Å². The van der Waals surface area contributed by atoms with Crippen LogP contribution in [-0.2, 0) is 14.3 Å². The zero-order chi connectivity index (χ0) is 21.5. The van der Waals surface area contributed by atoms with Gasteiger partial charge in [0.25, 0.3) is 11.8 Å². The molecule has 1 fully saturated rings. The van der Waals surface area contributed by atoms with Crippen molar-refractivity contribution >= 4 is 34.6 Å². The van der Waals surface area contributed by atoms with Crippen LogP contribution in [0.15, 0.2) is 42.5 Å². The summed E-state index contributed by atoms with van der Waals surface area (Å²) < 4.78 is 4.99. The largest absolute Gasteiger partial charge is 0.451 e. The van der Waals surface area contributed by atoms with Gasteiger partial charge >= 0.3 is 12.0 Å². The topological polar surface area (TPSA) is 114 Å². The molecular formula is C22H25N3O5. The van der Waals surface area contributed by atoms with E-state index in [1.807, 2.05) is 30.3 Å². The molecule has 0 aromatic heterocycles. The molecule has 158 valence electrons. The Bertz CT molecular complexity index is 953. The van der Waals surface area contributed by atoms with E-state index < -0.39 is 36.5 Å². The zero-order valence-corrected chi connectivity index (χ0v) is 16.8. The summed E-state index contributed by atoms with van der Waals surface area (Å²) in [6, 6.07) is 12.3. The molecule has 0 unspecified atom stereocenters. The molecule has 8 nitrogen and oxygen atoms in total. The second kappa shape index (κ2) is 9.87. The van der Waals surface area contributed by atoms with Gasteiger partial charge in [-0.2, -0.15) is 0 Å². The zero-order valence-electron chi connectivity index (χ0n) is 16.8. The Hall–Kier alpha value is -3.42. The summed E-state index contributed by atoms with van der Waals surface area (Å²) in [6.07, 6.45) is 2.73. The van der Waals surface area contributed by atoms with Gasteiger partial charge in [0, 0.05) is 11.6 Å². The fraction of sp³-hybridized carbons (Fsp3) is 0.364. The molecule has 0 saturated heterocycles. The van der Waals surface area contributed by atoms with E-state index in [0.717, 1.165) is 36.5 Å². The standard InChI is InChI=1S/C22H25N3O5/c1-14(20(27)25-22(29)24-18-8-4-5-9-18)30-19(26)13-23-21(28)17-11-10-15-6-2-3-7-16(15)12-17/h2-3,6-7,10-12,14,18H,4-5,8-9,13H2,1H3,(H,23,28)(H2,24,25,27,29)/t14-/m0/s1. The van der Waals surface area contributed by atoms with Gasteiger partial charge < -0.3 is 15.4 Å². The van der Waals surface area contributed by atoms with E-state index in [-0.39, 0.29) is 6.04 Å². The Balaban J connectivity index is 1.42. The highest BCUT2D eigenvalue weighted by Gasteiger charge is 2.22. The van der Waals surface area contributed by atoms with Gasteiger partial charge in [0.2, 0.25) is 0 Å². The number of benzene rings is 2. The number of esters is 1. The van der Waals surface area contributed by atoms with Crippen molar-refractivity contribution < 1.29 is 23.9 Å². The van der Waals surface area contributed by atoms with E-state index in [9.17, 15) is 19.2 Å². The van der Waals surface area contributed by atoms with Crippen LogP contribution < -0.4 is 16.0 Å². The number of urea groups is 1. The molecule has 0 aliphatic heterocycles. The first-order valence-corrected chi connectivity index (χ1v) is 10.0. The maximum absolute atomic E-state index is 12.3. The van der Waals surface area contributed by atoms with Crippen LogP contribution in [-0.4, -0.2) is 42.5 Å². The Morgan fingerprint density at radius 3 is 2.47 bits per heavy atom. The van der Waals surface area contributed by atoms with Gasteiger partial charge in [-0.15, -0.1) is 0 Å². The van der Waals surface area contributed by atoms with Crippen molar-refractivity contribution in [3.8, 4) is 0 Å². The third-order valence-electron chi connectivity index (χ3n) is 5.01. The Kier molecular flexibility index (Phi) is 7.00. The van der Waals surface area contributed by atoms with Crippen molar-refractivity contribution in [1.29, 1.82) is 0 Å². The number of nitrogens with one attached hydrogen (secondary N) is 3. The molecule has 3 N–H and O–H groups in total. The van der Waals surface area contributed by atoms with Crippen molar-refractivity contribution in [3.63, 3.8) is 0 Å². The van der Waals surface area contributed by atoms with Gasteiger partial charge in [-0.05, 0) is 42.7 Å². The highest BCUT2D eigenvalue weighted by atomic mass is 16.5. The van der Waals surface area contributed by atoms with Gasteiger partial charge in [0.15, 0.2) is 6.10 Å². The molecule has 2 aromatic rings. The minimum atomic E-state index is -1.16. The smallest absolute Gasteiger partial charge is 0.326 e. The van der Waals surface area contributed by atoms with Crippen molar-refractivity contribution in [2.24, 2.45) is 0 Å². The molecule has 30 heavy (non-hydrogen) atoms. The summed E-state index contributed by atoms with van der Waals surface area (Å²) in [5.41, 5.74) is 0.413. The maximum atomic E-state index is 12.3. The predicted molar refractivity (Wildman–Crippen MR) is 111 cm³/mol. The Labute approximate surface area is 174 Å². The van der Waals surface area contributed by atoms with Gasteiger partial charge in [0.05, 0.1) is 0 Å². The fourth-order valence-corrected chi connectivity index (χ4v) is 3.38. The minimum absolute atomic E-state index is 0.0703. The summed E-state index contributed by atoms with van der Waals surface area (Å²) >= 11 is 0. The molecule has 1 atom stereocenters. The number of hydrogen-bond acceptors (Lipinski definition) is 5. The summed E-state index contributed by atoms with van der Waals surface area (Å²) in [7, 11) is 0. The second-order valence-electron chi connectivity index (χ2n) is 7.32. The number of amides is 4. The SMILES string of the molecule is C[C@H](OC(=O)CNC(=O)c1ccc2ccccc2c1)C(=O)NC(=O)NC1CCCC1. The number of carbonyl (C=O) groups is 4. The van der Waals surface area contributed by atoms with Gasteiger partial charge in [-0.25, -0.2) is 4.79 Å². The molecule has 1 aliphatic rings. The highest BCUT2D eigenvalue weighted by molar-refractivity contribution is 6.00. The van der Waals surface area contributed by atoms with Crippen LogP contribution in [0.5, 0.6) is 0 Å². The van der Waals surface area contributed by atoms with Crippen molar-refractivity contribution in [2.75, 3.05) is 6.54 Å². The Morgan fingerprint density at radius 1 is 1.03 bits per heavy atom. The number of rotatable bonds is 6. The first-order chi connectivity index (χ1) is 14.4. The van der Waals surface area contributed by atoms with Crippen LogP contribution in [0.1, 0.15) is 43.0 Å². The summed E-state index contributed by atoms with van der Waals surface area (Å²) in [6.45, 7) is 0.971. The maximum Gasteiger partial charge on any atom is 0.326 e. The highest BCUT2D eigenvalue weighted by Crippen LogP contribution is 2.17. The molecular weight excluding hydrogens is 386 g/mol. The van der Waals surface area contributed by atoms with Crippen LogP contribution in [0.4, 0.5) is 4.79 Å². The average Bonchev–Trinajstić information content (AvgIpc) is 3.24. The molecule has 0 spiro atoms. The van der Waals surface area contributed by atoms with E-state index in [0.29, 0.717) is 5.56 Å². The summed E-state index contributed by atoms with van der Waals surface area (Å²) in [4.78, 5) is 48.1. The lowest BCUT2D eigenvalue weighted by atomic mass is 10.1. The van der Waals surface area contributed by atoms with Crippen LogP contribution in [0.25, 0.3) is 10.8 Å². The Morgan fingerprint density at radius 2 is 1.73 bits per heavy atom. The number of fused-ring (bicyclic) bond motifs is 1. The third kappa shape index (κ3) is 5.79. The number of imide groups is 1. The molecule has 2 aromatic carbocycles. The minimum Gasteiger partial charge on any atom is -0.451 e. The molecule has 0 bridgehead atoms. The monoisotopic (exact) mass is 411 g/mol. The lowest BCUT2D eigenvalue weighted by Crippen LogP contribution is -2.47. The van der Waals surface area contributed by atoms with Crippen molar-refractivity contribution in [3.05, 3.63) is 48.0 Å². The number of carbonyl (C=O) groups excluding carboxylic acids is 4. The predicted octanol–water partition coefficient (Wildman–Crippen LogP) is 2.27. The van der Waals surface area contributed by atoms with Crippen LogP contribution in [0.2, 0.25) is 0 Å². The van der Waals surface area contributed by atoms with E-state index in [1.54, 1.807) is 12.1 Å². The number of hydrogen-bond donors (Lipinski definition) is 3. The van der Waals surface area contributed by atoms with Crippen LogP contribution in [0, 0.1) is 0 Å². The van der Waals surface area contributed by atoms with E-state index in [1.165, 1.54) is 6.92 Å².